The predicted molar refractivity (Wildman–Crippen MR) is 86.1 cm³/mol. The highest BCUT2D eigenvalue weighted by Gasteiger charge is 2.09. The number of rotatable bonds is 5. The summed E-state index contributed by atoms with van der Waals surface area (Å²) in [5.41, 5.74) is 2.96. The molecule has 0 spiro atoms. The fourth-order valence-electron chi connectivity index (χ4n) is 2.18. The second kappa shape index (κ2) is 6.79. The Kier molecular flexibility index (Phi) is 5.05. The maximum atomic E-state index is 8.96. The number of aromatic nitrogens is 1. The van der Waals surface area contributed by atoms with Crippen molar-refractivity contribution in [3.63, 3.8) is 0 Å². The number of halogens is 1. The molecule has 1 N–H and O–H groups in total. The Morgan fingerprint density at radius 2 is 2.19 bits per heavy atom. The van der Waals surface area contributed by atoms with E-state index >= 15 is 0 Å². The second-order valence-electron chi connectivity index (χ2n) is 4.95. The van der Waals surface area contributed by atoms with Crippen molar-refractivity contribution in [2.24, 2.45) is 7.05 Å². The summed E-state index contributed by atoms with van der Waals surface area (Å²) in [6, 6.07) is 10.3. The van der Waals surface area contributed by atoms with Crippen LogP contribution >= 0.6 is 15.9 Å². The van der Waals surface area contributed by atoms with Crippen molar-refractivity contribution < 1.29 is 4.74 Å². The summed E-state index contributed by atoms with van der Waals surface area (Å²) in [6.45, 7) is 2.84. The molecule has 1 aromatic carbocycles. The number of hydrogen-bond acceptors (Lipinski definition) is 3. The molecule has 0 bridgehead atoms. The zero-order valence-electron chi connectivity index (χ0n) is 12.4. The summed E-state index contributed by atoms with van der Waals surface area (Å²) in [6.07, 6.45) is 1.97. The van der Waals surface area contributed by atoms with Gasteiger partial charge in [-0.15, -0.1) is 0 Å². The molecule has 0 aliphatic rings. The lowest BCUT2D eigenvalue weighted by Crippen LogP contribution is -2.17. The molecule has 1 unspecified atom stereocenters. The quantitative estimate of drug-likeness (QED) is 0.900. The molecule has 0 radical (unpaired) electrons. The summed E-state index contributed by atoms with van der Waals surface area (Å²) >= 11 is 3.50. The van der Waals surface area contributed by atoms with Gasteiger partial charge in [-0.1, -0.05) is 6.07 Å². The molecule has 0 saturated carbocycles. The van der Waals surface area contributed by atoms with E-state index < -0.39 is 0 Å². The average Bonchev–Trinajstić information content (AvgIpc) is 2.84. The topological polar surface area (TPSA) is 50.0 Å². The van der Waals surface area contributed by atoms with Crippen molar-refractivity contribution >= 4 is 15.9 Å². The van der Waals surface area contributed by atoms with E-state index in [4.69, 9.17) is 10.00 Å². The van der Waals surface area contributed by atoms with E-state index in [1.807, 2.05) is 36.0 Å². The van der Waals surface area contributed by atoms with Gasteiger partial charge in [0.1, 0.15) is 17.5 Å². The molecule has 2 aromatic rings. The molecule has 110 valence electrons. The molecule has 21 heavy (non-hydrogen) atoms. The van der Waals surface area contributed by atoms with E-state index in [-0.39, 0.29) is 6.04 Å². The first-order valence-corrected chi connectivity index (χ1v) is 7.46. The van der Waals surface area contributed by atoms with Gasteiger partial charge in [0.15, 0.2) is 0 Å². The van der Waals surface area contributed by atoms with Crippen LogP contribution in [0.25, 0.3) is 0 Å². The van der Waals surface area contributed by atoms with E-state index in [0.717, 1.165) is 22.3 Å². The van der Waals surface area contributed by atoms with Gasteiger partial charge in [-0.25, -0.2) is 0 Å². The van der Waals surface area contributed by atoms with Crippen LogP contribution in [-0.2, 0) is 13.6 Å². The Morgan fingerprint density at radius 3 is 2.76 bits per heavy atom. The van der Waals surface area contributed by atoms with Crippen LogP contribution in [0.3, 0.4) is 0 Å². The van der Waals surface area contributed by atoms with Crippen molar-refractivity contribution in [3.8, 4) is 11.8 Å². The Morgan fingerprint density at radius 1 is 1.43 bits per heavy atom. The minimum absolute atomic E-state index is 0.206. The van der Waals surface area contributed by atoms with E-state index in [0.29, 0.717) is 5.69 Å². The molecule has 2 rings (SSSR count). The average molecular weight is 348 g/mol. The van der Waals surface area contributed by atoms with Crippen LogP contribution in [0, 0.1) is 11.3 Å². The Labute approximate surface area is 133 Å². The molecule has 0 aliphatic heterocycles. The summed E-state index contributed by atoms with van der Waals surface area (Å²) in [4.78, 5) is 0. The highest BCUT2D eigenvalue weighted by atomic mass is 79.9. The van der Waals surface area contributed by atoms with Crippen LogP contribution in [0.2, 0.25) is 0 Å². The monoisotopic (exact) mass is 347 g/mol. The normalized spacial score (nSPS) is 12.0. The number of nitriles is 1. The first-order chi connectivity index (χ1) is 10.0. The lowest BCUT2D eigenvalue weighted by Gasteiger charge is -2.15. The fourth-order valence-corrected chi connectivity index (χ4v) is 2.74. The van der Waals surface area contributed by atoms with E-state index in [9.17, 15) is 0 Å². The molecule has 1 atom stereocenters. The Balaban J connectivity index is 2.02. The van der Waals surface area contributed by atoms with Crippen LogP contribution in [0.15, 0.2) is 34.9 Å². The van der Waals surface area contributed by atoms with Gasteiger partial charge in [0, 0.05) is 25.8 Å². The fraction of sp³-hybridized carbons (Fsp3) is 0.312. The number of hydrogen-bond donors (Lipinski definition) is 1. The van der Waals surface area contributed by atoms with Gasteiger partial charge in [-0.05, 0) is 52.2 Å². The molecule has 0 saturated heterocycles. The van der Waals surface area contributed by atoms with E-state index in [1.165, 1.54) is 5.56 Å². The van der Waals surface area contributed by atoms with Gasteiger partial charge in [0.2, 0.25) is 0 Å². The first kappa shape index (κ1) is 15.6. The first-order valence-electron chi connectivity index (χ1n) is 6.67. The molecule has 1 aromatic heterocycles. The van der Waals surface area contributed by atoms with E-state index in [2.05, 4.69) is 40.3 Å². The molecular weight excluding hydrogens is 330 g/mol. The lowest BCUT2D eigenvalue weighted by atomic mass is 10.1. The van der Waals surface area contributed by atoms with E-state index in [1.54, 1.807) is 7.11 Å². The number of ether oxygens (including phenoxy) is 1. The van der Waals surface area contributed by atoms with Crippen LogP contribution in [0.4, 0.5) is 0 Å². The second-order valence-corrected chi connectivity index (χ2v) is 5.81. The van der Waals surface area contributed by atoms with Gasteiger partial charge in [0.25, 0.3) is 0 Å². The minimum atomic E-state index is 0.206. The largest absolute Gasteiger partial charge is 0.496 e. The van der Waals surface area contributed by atoms with Crippen LogP contribution in [-0.4, -0.2) is 11.7 Å². The van der Waals surface area contributed by atoms with Crippen molar-refractivity contribution in [2.75, 3.05) is 7.11 Å². The summed E-state index contributed by atoms with van der Waals surface area (Å²) in [7, 11) is 3.54. The summed E-state index contributed by atoms with van der Waals surface area (Å²) in [5.74, 6) is 0.827. The molecule has 0 aliphatic carbocycles. The maximum absolute atomic E-state index is 8.96. The predicted octanol–water partition coefficient (Wildman–Crippen LogP) is 3.52. The SMILES string of the molecule is COc1ccc(C(C)NCc2cc(C#N)n(C)c2)cc1Br. The van der Waals surface area contributed by atoms with Crippen molar-refractivity contribution in [2.45, 2.75) is 19.5 Å². The van der Waals surface area contributed by atoms with Gasteiger partial charge in [-0.3, -0.25) is 0 Å². The third kappa shape index (κ3) is 3.66. The highest BCUT2D eigenvalue weighted by Crippen LogP contribution is 2.28. The third-order valence-corrected chi connectivity index (χ3v) is 4.08. The third-order valence-electron chi connectivity index (χ3n) is 3.46. The van der Waals surface area contributed by atoms with Gasteiger partial charge >= 0.3 is 0 Å². The van der Waals surface area contributed by atoms with Crippen molar-refractivity contribution in [1.82, 2.24) is 9.88 Å². The number of nitrogens with one attached hydrogen (secondary N) is 1. The van der Waals surface area contributed by atoms with Crippen molar-refractivity contribution in [1.29, 1.82) is 5.26 Å². The Hall–Kier alpha value is -1.77. The molecular formula is C16H18BrN3O. The molecule has 4 nitrogen and oxygen atoms in total. The number of nitrogens with zero attached hydrogens (tertiary/aromatic N) is 2. The number of benzene rings is 1. The summed E-state index contributed by atoms with van der Waals surface area (Å²) in [5, 5.41) is 12.4. The summed E-state index contributed by atoms with van der Waals surface area (Å²) < 4.78 is 8.02. The van der Waals surface area contributed by atoms with Gasteiger partial charge < -0.3 is 14.6 Å². The highest BCUT2D eigenvalue weighted by molar-refractivity contribution is 9.10. The molecule has 1 heterocycles. The minimum Gasteiger partial charge on any atom is -0.496 e. The Bertz CT molecular complexity index is 673. The maximum Gasteiger partial charge on any atom is 0.133 e. The van der Waals surface area contributed by atoms with Gasteiger partial charge in [-0.2, -0.15) is 5.26 Å². The zero-order valence-corrected chi connectivity index (χ0v) is 13.9. The van der Waals surface area contributed by atoms with Crippen LogP contribution in [0.1, 0.15) is 29.8 Å². The number of methoxy groups -OCH3 is 1. The standard InChI is InChI=1S/C16H18BrN3O/c1-11(13-4-5-16(21-3)15(17)7-13)19-9-12-6-14(8-18)20(2)10-12/h4-7,10-11,19H,9H2,1-3H3. The number of aryl methyl sites for hydroxylation is 1. The smallest absolute Gasteiger partial charge is 0.133 e. The van der Waals surface area contributed by atoms with Crippen LogP contribution < -0.4 is 10.1 Å². The molecule has 0 amide bonds. The van der Waals surface area contributed by atoms with Crippen LogP contribution in [0.5, 0.6) is 5.75 Å². The molecule has 5 heteroatoms. The molecule has 0 fully saturated rings. The van der Waals surface area contributed by atoms with Crippen molar-refractivity contribution in [3.05, 3.63) is 51.8 Å². The zero-order chi connectivity index (χ0) is 15.4. The lowest BCUT2D eigenvalue weighted by molar-refractivity contribution is 0.411. The van der Waals surface area contributed by atoms with Gasteiger partial charge in [0.05, 0.1) is 11.6 Å².